The van der Waals surface area contributed by atoms with Crippen molar-refractivity contribution in [3.63, 3.8) is 0 Å². The molecule has 0 aromatic carbocycles. The van der Waals surface area contributed by atoms with Gasteiger partial charge >= 0.3 is 12.6 Å². The van der Waals surface area contributed by atoms with E-state index in [1.807, 2.05) is 0 Å². The first kappa shape index (κ1) is 8.54. The second-order valence-corrected chi connectivity index (χ2v) is 1.23. The van der Waals surface area contributed by atoms with E-state index in [1.54, 1.807) is 0 Å². The monoisotopic (exact) mass is 154 g/mol. The van der Waals surface area contributed by atoms with Crippen LogP contribution in [0.5, 0.6) is 0 Å². The fraction of sp³-hybridized carbons (Fsp3) is 1.00. The molecule has 7 heteroatoms. The van der Waals surface area contributed by atoms with Gasteiger partial charge in [-0.05, 0) is 0 Å². The van der Waals surface area contributed by atoms with Crippen LogP contribution in [0.4, 0.5) is 26.3 Å². The van der Waals surface area contributed by atoms with Crippen LogP contribution in [0.3, 0.4) is 0 Å². The van der Waals surface area contributed by atoms with Gasteiger partial charge in [-0.15, -0.1) is 26.3 Å². The summed E-state index contributed by atoms with van der Waals surface area (Å²) >= 11 is 0. The summed E-state index contributed by atoms with van der Waals surface area (Å²) in [6.45, 7) is 0. The summed E-state index contributed by atoms with van der Waals surface area (Å²) in [4.78, 5) is 0. The maximum Gasteiger partial charge on any atom is 0.565 e. The molecule has 0 aliphatic heterocycles. The number of nitrogens with two attached hydrogens (primary N) is 1. The molecule has 0 saturated carbocycles. The van der Waals surface area contributed by atoms with Crippen molar-refractivity contribution in [2.75, 3.05) is 0 Å². The van der Waals surface area contributed by atoms with Gasteiger partial charge in [-0.1, -0.05) is 0 Å². The number of hydrogen-bond acceptors (Lipinski definition) is 0. The molecule has 0 spiro atoms. The van der Waals surface area contributed by atoms with E-state index in [1.165, 1.54) is 0 Å². The van der Waals surface area contributed by atoms with E-state index in [0.717, 1.165) is 0 Å². The zero-order valence-corrected chi connectivity index (χ0v) is 3.85. The summed E-state index contributed by atoms with van der Waals surface area (Å²) in [5.74, 6) is 0. The minimum absolute atomic E-state index is 1.62. The predicted molar refractivity (Wildman–Crippen MR) is 14.0 cm³/mol. The van der Waals surface area contributed by atoms with Crippen LogP contribution >= 0.6 is 0 Å². The van der Waals surface area contributed by atoms with Crippen LogP contribution in [0.25, 0.3) is 0 Å². The van der Waals surface area contributed by atoms with Gasteiger partial charge in [-0.3, -0.25) is 0 Å². The van der Waals surface area contributed by atoms with Crippen molar-refractivity contribution in [3.05, 3.63) is 0 Å². The quantitative estimate of drug-likeness (QED) is 0.388. The number of hydrogen-bond donors (Lipinski definition) is 1. The average Bonchev–Trinajstić information content (AvgIpc) is 1.14. The third-order valence-electron chi connectivity index (χ3n) is 0.327. The highest BCUT2D eigenvalue weighted by Crippen LogP contribution is 2.09. The molecule has 0 saturated heterocycles. The van der Waals surface area contributed by atoms with Crippen LogP contribution in [-0.4, -0.2) is 12.6 Å². The lowest BCUT2D eigenvalue weighted by Crippen LogP contribution is -2.99. The Bertz CT molecular complexity index is 76.2. The summed E-state index contributed by atoms with van der Waals surface area (Å²) in [5.41, 5.74) is 0. The van der Waals surface area contributed by atoms with E-state index in [-0.39, 0.29) is 0 Å². The first-order valence-electron chi connectivity index (χ1n) is 1.71. The Labute approximate surface area is 45.6 Å². The van der Waals surface area contributed by atoms with Crippen molar-refractivity contribution in [3.8, 4) is 0 Å². The molecule has 56 valence electrons. The van der Waals surface area contributed by atoms with Crippen molar-refractivity contribution in [2.45, 2.75) is 12.6 Å². The first-order chi connectivity index (χ1) is 3.71. The van der Waals surface area contributed by atoms with Gasteiger partial charge in [0.25, 0.3) is 0 Å². The fourth-order valence-electron chi connectivity index (χ4n) is 0.186. The maximum absolute atomic E-state index is 10.8. The second kappa shape index (κ2) is 2.05. The molecule has 0 radical (unpaired) electrons. The van der Waals surface area contributed by atoms with E-state index in [9.17, 15) is 26.3 Å². The first-order valence-corrected chi connectivity index (χ1v) is 1.71. The zero-order chi connectivity index (χ0) is 7.71. The van der Waals surface area contributed by atoms with Crippen molar-refractivity contribution in [2.24, 2.45) is 0 Å². The lowest BCUT2D eigenvalue weighted by Gasteiger charge is -2.05. The molecule has 2 N–H and O–H groups in total. The summed E-state index contributed by atoms with van der Waals surface area (Å²) in [7, 11) is 0. The average molecular weight is 154 g/mol. The van der Waals surface area contributed by atoms with Gasteiger partial charge in [0.2, 0.25) is 0 Å². The van der Waals surface area contributed by atoms with E-state index in [2.05, 4.69) is 0 Å². The molecule has 0 fully saturated rings. The molecule has 1 nitrogen and oxygen atoms in total. The van der Waals surface area contributed by atoms with Crippen molar-refractivity contribution >= 4 is 0 Å². The number of quaternary nitrogens is 1. The largest absolute Gasteiger partial charge is 0.565 e. The number of rotatable bonds is 0. The Morgan fingerprint density at radius 2 is 0.889 bits per heavy atom. The molecule has 9 heavy (non-hydrogen) atoms. The Morgan fingerprint density at radius 1 is 0.667 bits per heavy atom. The third kappa shape index (κ3) is 7.54. The fourth-order valence-corrected chi connectivity index (χ4v) is 0.186. The zero-order valence-electron chi connectivity index (χ0n) is 3.85. The standard InChI is InChI=1S/C2HF6N/c3-1(4,5)9-2(6,7)8/h9H/p+1. The molecule has 0 aliphatic rings. The summed E-state index contributed by atoms with van der Waals surface area (Å²) in [5, 5.41) is -1.62. The SMILES string of the molecule is FC(F)(F)[NH2+]C(F)(F)F. The highest BCUT2D eigenvalue weighted by Gasteiger charge is 2.48. The second-order valence-electron chi connectivity index (χ2n) is 1.23. The van der Waals surface area contributed by atoms with Crippen molar-refractivity contribution < 1.29 is 31.7 Å². The van der Waals surface area contributed by atoms with Crippen LogP contribution in [0.1, 0.15) is 0 Å². The Balaban J connectivity index is 3.75. The molecule has 0 bridgehead atoms. The Morgan fingerprint density at radius 3 is 0.889 bits per heavy atom. The van der Waals surface area contributed by atoms with E-state index in [0.29, 0.717) is 0 Å². The summed E-state index contributed by atoms with van der Waals surface area (Å²) < 4.78 is 64.7. The molecular formula is C2H2F6N+. The van der Waals surface area contributed by atoms with E-state index < -0.39 is 17.9 Å². The van der Waals surface area contributed by atoms with Crippen LogP contribution in [0.15, 0.2) is 0 Å². The van der Waals surface area contributed by atoms with Gasteiger partial charge in [0, 0.05) is 0 Å². The molecule has 0 aromatic rings. The van der Waals surface area contributed by atoms with Crippen molar-refractivity contribution in [1.29, 1.82) is 0 Å². The minimum atomic E-state index is -5.27. The lowest BCUT2D eigenvalue weighted by atomic mass is 11.0. The van der Waals surface area contributed by atoms with Gasteiger partial charge in [0.05, 0.1) is 0 Å². The van der Waals surface area contributed by atoms with Crippen LogP contribution < -0.4 is 5.32 Å². The maximum atomic E-state index is 10.8. The van der Waals surface area contributed by atoms with E-state index >= 15 is 0 Å². The van der Waals surface area contributed by atoms with Crippen LogP contribution in [0, 0.1) is 0 Å². The number of alkyl halides is 6. The van der Waals surface area contributed by atoms with Crippen LogP contribution in [-0.2, 0) is 0 Å². The normalized spacial score (nSPS) is 14.0. The third-order valence-corrected chi connectivity index (χ3v) is 0.327. The highest BCUT2D eigenvalue weighted by atomic mass is 19.4. The predicted octanol–water partition coefficient (Wildman–Crippen LogP) is 0.589. The Kier molecular flexibility index (Phi) is 1.95. The number of halogens is 6. The molecule has 0 aromatic heterocycles. The molecule has 0 aliphatic carbocycles. The molecular weight excluding hydrogens is 152 g/mol. The molecule has 0 atom stereocenters. The van der Waals surface area contributed by atoms with Crippen molar-refractivity contribution in [1.82, 2.24) is 0 Å². The smallest absolute Gasteiger partial charge is 0.160 e. The van der Waals surface area contributed by atoms with E-state index in [4.69, 9.17) is 0 Å². The van der Waals surface area contributed by atoms with Gasteiger partial charge in [-0.25, -0.2) is 0 Å². The topological polar surface area (TPSA) is 16.6 Å². The van der Waals surface area contributed by atoms with Gasteiger partial charge in [-0.2, -0.15) is 5.32 Å². The molecule has 0 rings (SSSR count). The minimum Gasteiger partial charge on any atom is -0.160 e. The summed E-state index contributed by atoms with van der Waals surface area (Å²) in [6, 6.07) is 0. The molecule has 0 unspecified atom stereocenters. The lowest BCUT2D eigenvalue weighted by molar-refractivity contribution is -0.919. The Hall–Kier alpha value is -0.460. The molecule has 0 amide bonds. The van der Waals surface area contributed by atoms with Crippen LogP contribution in [0.2, 0.25) is 0 Å². The van der Waals surface area contributed by atoms with Gasteiger partial charge in [0.15, 0.2) is 0 Å². The van der Waals surface area contributed by atoms with Gasteiger partial charge in [0.1, 0.15) is 0 Å². The van der Waals surface area contributed by atoms with Gasteiger partial charge < -0.3 is 0 Å². The summed E-state index contributed by atoms with van der Waals surface area (Å²) in [6.07, 6.45) is -10.5. The molecule has 0 heterocycles. The highest BCUT2D eigenvalue weighted by molar-refractivity contribution is 4.19.